The van der Waals surface area contributed by atoms with Gasteiger partial charge in [0.1, 0.15) is 6.04 Å². The van der Waals surface area contributed by atoms with Crippen molar-refractivity contribution in [3.63, 3.8) is 0 Å². The van der Waals surface area contributed by atoms with E-state index in [0.717, 1.165) is 31.7 Å². The number of rotatable bonds is 2. The minimum Gasteiger partial charge on any atom is -0.339 e. The normalized spacial score (nSPS) is 28.6. The van der Waals surface area contributed by atoms with Crippen molar-refractivity contribution >= 4 is 23.6 Å². The zero-order chi connectivity index (χ0) is 13.1. The molecule has 2 saturated heterocycles. The number of carbonyl (C=O) groups excluding carboxylic acids is 2. The van der Waals surface area contributed by atoms with E-state index in [1.54, 1.807) is 23.6 Å². The zero-order valence-corrected chi connectivity index (χ0v) is 11.8. The second-order valence-corrected chi connectivity index (χ2v) is 5.92. The molecule has 0 radical (unpaired) electrons. The fourth-order valence-corrected chi connectivity index (χ4v) is 3.79. The molecule has 2 aliphatic rings. The molecule has 0 aliphatic carbocycles. The van der Waals surface area contributed by atoms with Crippen molar-refractivity contribution in [2.24, 2.45) is 0 Å². The highest BCUT2D eigenvalue weighted by atomic mass is 32.2. The molecule has 2 aliphatic heterocycles. The minimum atomic E-state index is -0.247. The van der Waals surface area contributed by atoms with Gasteiger partial charge in [-0.2, -0.15) is 0 Å². The van der Waals surface area contributed by atoms with Gasteiger partial charge in [-0.05, 0) is 19.9 Å². The van der Waals surface area contributed by atoms with Gasteiger partial charge in [-0.15, -0.1) is 11.8 Å². The van der Waals surface area contributed by atoms with Crippen LogP contribution in [0.1, 0.15) is 19.8 Å². The predicted molar refractivity (Wildman–Crippen MR) is 72.3 cm³/mol. The number of carbonyl (C=O) groups is 2. The van der Waals surface area contributed by atoms with E-state index < -0.39 is 0 Å². The fraction of sp³-hybridized carbons (Fsp3) is 0.833. The summed E-state index contributed by atoms with van der Waals surface area (Å²) in [6.45, 7) is 3.13. The maximum atomic E-state index is 12.5. The van der Waals surface area contributed by atoms with Gasteiger partial charge in [0.05, 0.1) is 5.88 Å². The summed E-state index contributed by atoms with van der Waals surface area (Å²) in [6.07, 6.45) is 2.16. The maximum Gasteiger partial charge on any atom is 0.246 e. The summed E-state index contributed by atoms with van der Waals surface area (Å²) in [5, 5.41) is 3.23. The summed E-state index contributed by atoms with van der Waals surface area (Å²) in [4.78, 5) is 27.6. The topological polar surface area (TPSA) is 52.7 Å². The van der Waals surface area contributed by atoms with Crippen LogP contribution in [0, 0.1) is 0 Å². The van der Waals surface area contributed by atoms with Gasteiger partial charge in [0.2, 0.25) is 11.8 Å². The Morgan fingerprint density at radius 1 is 1.39 bits per heavy atom. The van der Waals surface area contributed by atoms with Gasteiger partial charge in [0.25, 0.3) is 0 Å². The molecule has 6 heteroatoms. The molecule has 0 bridgehead atoms. The molecular formula is C12H21N3O2S. The lowest BCUT2D eigenvalue weighted by atomic mass is 10.0. The van der Waals surface area contributed by atoms with Crippen LogP contribution >= 0.6 is 11.8 Å². The Morgan fingerprint density at radius 3 is 2.83 bits per heavy atom. The first kappa shape index (κ1) is 13.7. The van der Waals surface area contributed by atoms with Crippen molar-refractivity contribution in [3.05, 3.63) is 0 Å². The van der Waals surface area contributed by atoms with E-state index in [9.17, 15) is 9.59 Å². The number of piperidine rings is 1. The highest BCUT2D eigenvalue weighted by Crippen LogP contribution is 2.23. The molecule has 0 aromatic rings. The third-order valence-electron chi connectivity index (χ3n) is 3.71. The minimum absolute atomic E-state index is 0.000487. The van der Waals surface area contributed by atoms with Crippen LogP contribution < -0.4 is 5.32 Å². The Hall–Kier alpha value is -0.750. The molecule has 0 saturated carbocycles. The fourth-order valence-electron chi connectivity index (χ4n) is 2.58. The molecule has 2 rings (SSSR count). The first-order chi connectivity index (χ1) is 8.63. The molecule has 2 amide bonds. The van der Waals surface area contributed by atoms with Gasteiger partial charge >= 0.3 is 0 Å². The lowest BCUT2D eigenvalue weighted by molar-refractivity contribution is -0.143. The maximum absolute atomic E-state index is 12.5. The van der Waals surface area contributed by atoms with Gasteiger partial charge in [-0.3, -0.25) is 9.59 Å². The van der Waals surface area contributed by atoms with E-state index >= 15 is 0 Å². The third kappa shape index (κ3) is 2.80. The van der Waals surface area contributed by atoms with Crippen LogP contribution in [-0.4, -0.2) is 65.5 Å². The van der Waals surface area contributed by atoms with Crippen molar-refractivity contribution in [3.8, 4) is 0 Å². The van der Waals surface area contributed by atoms with Gasteiger partial charge in [0, 0.05) is 31.8 Å². The number of hydrogen-bond acceptors (Lipinski definition) is 4. The smallest absolute Gasteiger partial charge is 0.246 e. The van der Waals surface area contributed by atoms with Crippen LogP contribution in [0.3, 0.4) is 0 Å². The average molecular weight is 271 g/mol. The summed E-state index contributed by atoms with van der Waals surface area (Å²) < 4.78 is 0. The summed E-state index contributed by atoms with van der Waals surface area (Å²) in [6, 6.07) is 0.144. The molecule has 2 fully saturated rings. The van der Waals surface area contributed by atoms with Gasteiger partial charge in [-0.1, -0.05) is 0 Å². The Labute approximate surface area is 112 Å². The van der Waals surface area contributed by atoms with E-state index in [1.165, 1.54) is 0 Å². The Morgan fingerprint density at radius 2 is 2.17 bits per heavy atom. The Bertz CT molecular complexity index is 337. The first-order valence-electron chi connectivity index (χ1n) is 6.44. The van der Waals surface area contributed by atoms with Crippen molar-refractivity contribution in [1.29, 1.82) is 0 Å². The van der Waals surface area contributed by atoms with Gasteiger partial charge < -0.3 is 15.1 Å². The van der Waals surface area contributed by atoms with E-state index in [-0.39, 0.29) is 17.9 Å². The van der Waals surface area contributed by atoms with E-state index in [2.05, 4.69) is 5.32 Å². The molecule has 2 unspecified atom stereocenters. The number of likely N-dealkylation sites (N-methyl/N-ethyl adjacent to an activating group) is 1. The van der Waals surface area contributed by atoms with E-state index in [0.29, 0.717) is 11.9 Å². The number of likely N-dealkylation sites (tertiary alicyclic amines) is 1. The molecule has 2 atom stereocenters. The third-order valence-corrected chi connectivity index (χ3v) is 4.73. The molecule has 102 valence electrons. The van der Waals surface area contributed by atoms with Crippen LogP contribution in [0.5, 0.6) is 0 Å². The lowest BCUT2D eigenvalue weighted by Crippen LogP contribution is -2.53. The van der Waals surface area contributed by atoms with Crippen LogP contribution in [-0.2, 0) is 9.59 Å². The summed E-state index contributed by atoms with van der Waals surface area (Å²) >= 11 is 1.66. The lowest BCUT2D eigenvalue weighted by Gasteiger charge is -2.35. The standard InChI is InChI=1S/C12H21N3O2S/c1-9(16)15-8-18-7-11(15)12(17)14-5-3-4-10(6-14)13-2/h10-11,13H,3-8H2,1-2H3. The quantitative estimate of drug-likeness (QED) is 0.775. The van der Waals surface area contributed by atoms with Crippen molar-refractivity contribution in [2.75, 3.05) is 31.8 Å². The Balaban J connectivity index is 1.99. The summed E-state index contributed by atoms with van der Waals surface area (Å²) in [5.74, 6) is 1.50. The van der Waals surface area contributed by atoms with Crippen molar-refractivity contribution in [1.82, 2.24) is 15.1 Å². The average Bonchev–Trinajstić information content (AvgIpc) is 2.87. The first-order valence-corrected chi connectivity index (χ1v) is 7.60. The molecule has 0 aromatic carbocycles. The van der Waals surface area contributed by atoms with E-state index in [1.807, 2.05) is 11.9 Å². The molecule has 0 spiro atoms. The van der Waals surface area contributed by atoms with Crippen LogP contribution in [0.15, 0.2) is 0 Å². The molecular weight excluding hydrogens is 250 g/mol. The van der Waals surface area contributed by atoms with Crippen LogP contribution in [0.2, 0.25) is 0 Å². The molecule has 0 aromatic heterocycles. The van der Waals surface area contributed by atoms with Crippen LogP contribution in [0.25, 0.3) is 0 Å². The molecule has 2 heterocycles. The number of nitrogens with zero attached hydrogens (tertiary/aromatic N) is 2. The van der Waals surface area contributed by atoms with E-state index in [4.69, 9.17) is 0 Å². The van der Waals surface area contributed by atoms with Crippen molar-refractivity contribution < 1.29 is 9.59 Å². The van der Waals surface area contributed by atoms with Crippen LogP contribution in [0.4, 0.5) is 0 Å². The predicted octanol–water partition coefficient (Wildman–Crippen LogP) is 0.118. The molecule has 1 N–H and O–H groups in total. The highest BCUT2D eigenvalue weighted by molar-refractivity contribution is 7.99. The number of amides is 2. The zero-order valence-electron chi connectivity index (χ0n) is 11.0. The largest absolute Gasteiger partial charge is 0.339 e. The second-order valence-electron chi connectivity index (χ2n) is 4.92. The summed E-state index contributed by atoms with van der Waals surface area (Å²) in [7, 11) is 1.94. The number of nitrogens with one attached hydrogen (secondary N) is 1. The monoisotopic (exact) mass is 271 g/mol. The summed E-state index contributed by atoms with van der Waals surface area (Å²) in [5.41, 5.74) is 0. The Kier molecular flexibility index (Phi) is 4.50. The number of thioether (sulfide) groups is 1. The molecule has 5 nitrogen and oxygen atoms in total. The van der Waals surface area contributed by atoms with Gasteiger partial charge in [0.15, 0.2) is 0 Å². The number of hydrogen-bond donors (Lipinski definition) is 1. The van der Waals surface area contributed by atoms with Gasteiger partial charge in [-0.25, -0.2) is 0 Å². The van der Waals surface area contributed by atoms with Crippen molar-refractivity contribution in [2.45, 2.75) is 31.8 Å². The highest BCUT2D eigenvalue weighted by Gasteiger charge is 2.36. The SMILES string of the molecule is CNC1CCCN(C(=O)C2CSCN2C(C)=O)C1. The molecule has 18 heavy (non-hydrogen) atoms. The second kappa shape index (κ2) is 5.93.